The van der Waals surface area contributed by atoms with Gasteiger partial charge < -0.3 is 0 Å². The Balaban J connectivity index is 1.46. The molecule has 0 radical (unpaired) electrons. The molecule has 32 heavy (non-hydrogen) atoms. The lowest BCUT2D eigenvalue weighted by molar-refractivity contribution is 1.12. The lowest BCUT2D eigenvalue weighted by Crippen LogP contribution is -1.95. The van der Waals surface area contributed by atoms with Crippen LogP contribution in [0.5, 0.6) is 0 Å². The second kappa shape index (κ2) is 8.11. The molecule has 0 fully saturated rings. The van der Waals surface area contributed by atoms with E-state index in [-0.39, 0.29) is 0 Å². The molecular weight excluding hydrogens is 523 g/mol. The average Bonchev–Trinajstić information content (AvgIpc) is 3.23. The molecule has 0 aliphatic rings. The van der Waals surface area contributed by atoms with Crippen molar-refractivity contribution in [2.45, 2.75) is 0 Å². The molecule has 152 valence electrons. The summed E-state index contributed by atoms with van der Waals surface area (Å²) in [7, 11) is 0. The average molecular weight is 540 g/mol. The van der Waals surface area contributed by atoms with E-state index in [0.29, 0.717) is 0 Å². The van der Waals surface area contributed by atoms with Crippen LogP contribution in [0, 0.1) is 3.83 Å². The minimum atomic E-state index is 0.750. The largest absolute Gasteiger partial charge is 0.223 e. The Morgan fingerprint density at radius 1 is 0.562 bits per heavy atom. The molecule has 2 aromatic heterocycles. The van der Waals surface area contributed by atoms with Crippen molar-refractivity contribution in [3.63, 3.8) is 0 Å². The fourth-order valence-electron chi connectivity index (χ4n) is 4.12. The SMILES string of the molecule is Ic1nc(-c2ccc(-c3ccccc3)cc2)cc(-c2cccc3c2sc2ccccc23)n1. The smallest absolute Gasteiger partial charge is 0.191 e. The van der Waals surface area contributed by atoms with Crippen LogP contribution in [0.1, 0.15) is 0 Å². The first-order valence-electron chi connectivity index (χ1n) is 10.4. The van der Waals surface area contributed by atoms with Crippen LogP contribution in [0.25, 0.3) is 53.8 Å². The Hall–Kier alpha value is -3.09. The Bertz CT molecular complexity index is 1570. The van der Waals surface area contributed by atoms with E-state index in [1.807, 2.05) is 17.4 Å². The Morgan fingerprint density at radius 3 is 2.06 bits per heavy atom. The topological polar surface area (TPSA) is 25.8 Å². The fourth-order valence-corrected chi connectivity index (χ4v) is 5.86. The standard InChI is InChI=1S/C28H17IN2S/c29-28-30-24(20-15-13-19(14-16-20)18-7-2-1-3-8-18)17-25(31-28)23-11-6-10-22-21-9-4-5-12-26(21)32-27(22)23/h1-17H. The van der Waals surface area contributed by atoms with E-state index < -0.39 is 0 Å². The number of rotatable bonds is 3. The van der Waals surface area contributed by atoms with Gasteiger partial charge >= 0.3 is 0 Å². The van der Waals surface area contributed by atoms with Gasteiger partial charge in [0.2, 0.25) is 0 Å². The predicted molar refractivity (Wildman–Crippen MR) is 144 cm³/mol. The van der Waals surface area contributed by atoms with Gasteiger partial charge in [-0.05, 0) is 23.3 Å². The van der Waals surface area contributed by atoms with Gasteiger partial charge in [0.25, 0.3) is 0 Å². The number of benzene rings is 4. The van der Waals surface area contributed by atoms with Crippen molar-refractivity contribution < 1.29 is 0 Å². The van der Waals surface area contributed by atoms with Crippen LogP contribution < -0.4 is 0 Å². The van der Waals surface area contributed by atoms with Gasteiger partial charge in [0, 0.05) is 53.9 Å². The highest BCUT2D eigenvalue weighted by Crippen LogP contribution is 2.39. The number of halogens is 1. The van der Waals surface area contributed by atoms with Crippen LogP contribution >= 0.6 is 33.9 Å². The normalized spacial score (nSPS) is 11.3. The molecule has 0 atom stereocenters. The molecular formula is C28H17IN2S. The molecule has 0 aliphatic heterocycles. The summed E-state index contributed by atoms with van der Waals surface area (Å²) in [5.74, 6) is 0. The number of hydrogen-bond acceptors (Lipinski definition) is 3. The molecule has 0 spiro atoms. The summed E-state index contributed by atoms with van der Waals surface area (Å²) < 4.78 is 3.32. The first-order chi connectivity index (χ1) is 15.8. The first kappa shape index (κ1) is 19.6. The maximum atomic E-state index is 4.80. The molecule has 0 aliphatic carbocycles. The van der Waals surface area contributed by atoms with Crippen LogP contribution in [-0.2, 0) is 0 Å². The molecule has 2 heterocycles. The van der Waals surface area contributed by atoms with E-state index in [2.05, 4.69) is 120 Å². The number of fused-ring (bicyclic) bond motifs is 3. The summed E-state index contributed by atoms with van der Waals surface area (Å²) in [4.78, 5) is 9.53. The van der Waals surface area contributed by atoms with Crippen molar-refractivity contribution in [2.75, 3.05) is 0 Å². The van der Waals surface area contributed by atoms with Crippen molar-refractivity contribution in [1.29, 1.82) is 0 Å². The summed E-state index contributed by atoms with van der Waals surface area (Å²) in [6.45, 7) is 0. The Morgan fingerprint density at radius 2 is 1.22 bits per heavy atom. The zero-order valence-electron chi connectivity index (χ0n) is 17.0. The van der Waals surface area contributed by atoms with Gasteiger partial charge in [0.15, 0.2) is 3.83 Å². The van der Waals surface area contributed by atoms with Crippen molar-refractivity contribution in [2.24, 2.45) is 0 Å². The van der Waals surface area contributed by atoms with E-state index >= 15 is 0 Å². The first-order valence-corrected chi connectivity index (χ1v) is 12.3. The van der Waals surface area contributed by atoms with Crippen LogP contribution in [0.2, 0.25) is 0 Å². The van der Waals surface area contributed by atoms with Gasteiger partial charge in [-0.15, -0.1) is 11.3 Å². The minimum Gasteiger partial charge on any atom is -0.223 e. The predicted octanol–water partition coefficient (Wildman–Crippen LogP) is 8.45. The molecule has 0 amide bonds. The van der Waals surface area contributed by atoms with Gasteiger partial charge in [-0.25, -0.2) is 9.97 Å². The van der Waals surface area contributed by atoms with Gasteiger partial charge in [-0.1, -0.05) is 91.0 Å². The number of aromatic nitrogens is 2. The van der Waals surface area contributed by atoms with Crippen LogP contribution in [0.4, 0.5) is 0 Å². The molecule has 4 heteroatoms. The van der Waals surface area contributed by atoms with Crippen molar-refractivity contribution in [3.8, 4) is 33.6 Å². The van der Waals surface area contributed by atoms with E-state index in [9.17, 15) is 0 Å². The van der Waals surface area contributed by atoms with Crippen LogP contribution in [-0.4, -0.2) is 9.97 Å². The number of hydrogen-bond donors (Lipinski definition) is 0. The molecule has 4 aromatic carbocycles. The van der Waals surface area contributed by atoms with E-state index in [0.717, 1.165) is 26.3 Å². The third-order valence-corrected chi connectivity index (χ3v) is 7.37. The van der Waals surface area contributed by atoms with Gasteiger partial charge in [-0.2, -0.15) is 0 Å². The quantitative estimate of drug-likeness (QED) is 0.166. The third-order valence-electron chi connectivity index (χ3n) is 5.67. The van der Waals surface area contributed by atoms with Crippen molar-refractivity contribution in [1.82, 2.24) is 9.97 Å². The molecule has 6 rings (SSSR count). The maximum absolute atomic E-state index is 4.80. The zero-order valence-corrected chi connectivity index (χ0v) is 20.0. The lowest BCUT2D eigenvalue weighted by atomic mass is 10.0. The molecule has 0 N–H and O–H groups in total. The van der Waals surface area contributed by atoms with Crippen LogP contribution in [0.15, 0.2) is 103 Å². The molecule has 6 aromatic rings. The molecule has 2 nitrogen and oxygen atoms in total. The summed E-state index contributed by atoms with van der Waals surface area (Å²) >= 11 is 4.05. The summed E-state index contributed by atoms with van der Waals surface area (Å²) in [6.07, 6.45) is 0. The van der Waals surface area contributed by atoms with E-state index in [1.54, 1.807) is 0 Å². The Kier molecular flexibility index (Phi) is 4.97. The summed E-state index contributed by atoms with van der Waals surface area (Å²) in [5.41, 5.74) is 6.57. The van der Waals surface area contributed by atoms with E-state index in [4.69, 9.17) is 9.97 Å². The molecule has 0 saturated heterocycles. The third kappa shape index (κ3) is 3.49. The second-order valence-electron chi connectivity index (χ2n) is 7.63. The van der Waals surface area contributed by atoms with Crippen molar-refractivity contribution in [3.05, 3.63) is 107 Å². The van der Waals surface area contributed by atoms with Gasteiger partial charge in [-0.3, -0.25) is 0 Å². The highest BCUT2D eigenvalue weighted by Gasteiger charge is 2.13. The van der Waals surface area contributed by atoms with Gasteiger partial charge in [0.05, 0.1) is 11.4 Å². The van der Waals surface area contributed by atoms with E-state index in [1.165, 1.54) is 31.3 Å². The summed E-state index contributed by atoms with van der Waals surface area (Å²) in [5, 5.41) is 2.58. The lowest BCUT2D eigenvalue weighted by Gasteiger charge is -2.08. The Labute approximate surface area is 203 Å². The fraction of sp³-hybridized carbons (Fsp3) is 0. The molecule has 0 saturated carbocycles. The van der Waals surface area contributed by atoms with Gasteiger partial charge in [0.1, 0.15) is 0 Å². The van der Waals surface area contributed by atoms with Crippen molar-refractivity contribution >= 4 is 54.1 Å². The summed E-state index contributed by atoms with van der Waals surface area (Å²) in [6, 6.07) is 36.2. The highest BCUT2D eigenvalue weighted by atomic mass is 127. The van der Waals surface area contributed by atoms with Crippen LogP contribution in [0.3, 0.4) is 0 Å². The number of thiophene rings is 1. The molecule has 0 bridgehead atoms. The second-order valence-corrected chi connectivity index (χ2v) is 9.65. The highest BCUT2D eigenvalue weighted by molar-refractivity contribution is 14.1. The maximum Gasteiger partial charge on any atom is 0.191 e. The minimum absolute atomic E-state index is 0.750. The monoisotopic (exact) mass is 540 g/mol. The zero-order chi connectivity index (χ0) is 21.5. The number of nitrogens with zero attached hydrogens (tertiary/aromatic N) is 2. The molecule has 0 unspecified atom stereocenters.